The van der Waals surface area contributed by atoms with Gasteiger partial charge in [-0.15, -0.1) is 0 Å². The number of pyridine rings is 1. The van der Waals surface area contributed by atoms with Crippen LogP contribution in [0.1, 0.15) is 0 Å². The van der Waals surface area contributed by atoms with Crippen molar-refractivity contribution < 1.29 is 8.83 Å². The molecule has 126 valence electrons. The minimum absolute atomic E-state index is 0.320. The smallest absolute Gasteiger partial charge is 0.193 e. The van der Waals surface area contributed by atoms with Crippen LogP contribution in [0.25, 0.3) is 44.7 Å². The topological polar surface area (TPSA) is 39.2 Å². The molecule has 0 unspecified atom stereocenters. The molecule has 5 heteroatoms. The summed E-state index contributed by atoms with van der Waals surface area (Å²) in [5, 5.41) is 1.89. The molecule has 0 spiro atoms. The normalized spacial score (nSPS) is 11.5. The van der Waals surface area contributed by atoms with Gasteiger partial charge in [0.1, 0.15) is 16.9 Å². The van der Waals surface area contributed by atoms with Gasteiger partial charge in [0.25, 0.3) is 0 Å². The molecule has 3 aromatic heterocycles. The van der Waals surface area contributed by atoms with Gasteiger partial charge < -0.3 is 8.83 Å². The van der Waals surface area contributed by atoms with Crippen LogP contribution >= 0.6 is 23.2 Å². The molecule has 0 saturated heterocycles. The highest BCUT2D eigenvalue weighted by Crippen LogP contribution is 2.39. The number of furan rings is 2. The quantitative estimate of drug-likeness (QED) is 0.325. The van der Waals surface area contributed by atoms with Gasteiger partial charge >= 0.3 is 0 Å². The molecule has 0 fully saturated rings. The van der Waals surface area contributed by atoms with E-state index in [1.165, 1.54) is 0 Å². The first kappa shape index (κ1) is 15.5. The van der Waals surface area contributed by atoms with Crippen LogP contribution in [0.15, 0.2) is 75.6 Å². The number of hydrogen-bond donors (Lipinski definition) is 0. The molecule has 3 heterocycles. The summed E-state index contributed by atoms with van der Waals surface area (Å²) in [6.45, 7) is 0. The van der Waals surface area contributed by atoms with Crippen LogP contribution in [-0.2, 0) is 0 Å². The van der Waals surface area contributed by atoms with E-state index in [2.05, 4.69) is 0 Å². The van der Waals surface area contributed by atoms with Crippen LogP contribution in [0.3, 0.4) is 0 Å². The number of benzene rings is 2. The van der Waals surface area contributed by atoms with E-state index < -0.39 is 0 Å². The molecule has 0 amide bonds. The fourth-order valence-electron chi connectivity index (χ4n) is 3.13. The van der Waals surface area contributed by atoms with Crippen LogP contribution < -0.4 is 0 Å². The minimum Gasteiger partial charge on any atom is -0.454 e. The standard InChI is InChI=1S/C21H11Cl2NO2/c22-15-7-3-1-5-12(15)16-11-14(18-9-10-19(23)25-18)21-20(24-16)13-6-2-4-8-17(13)26-21/h1-11H. The summed E-state index contributed by atoms with van der Waals surface area (Å²) in [4.78, 5) is 4.83. The maximum absolute atomic E-state index is 6.40. The van der Waals surface area contributed by atoms with Gasteiger partial charge in [-0.2, -0.15) is 0 Å². The molecule has 5 rings (SSSR count). The number of nitrogens with zero attached hydrogens (tertiary/aromatic N) is 1. The fourth-order valence-corrected chi connectivity index (χ4v) is 3.51. The van der Waals surface area contributed by atoms with Gasteiger partial charge in [-0.1, -0.05) is 41.9 Å². The van der Waals surface area contributed by atoms with Crippen molar-refractivity contribution in [2.75, 3.05) is 0 Å². The Labute approximate surface area is 158 Å². The number of hydrogen-bond acceptors (Lipinski definition) is 3. The number of aromatic nitrogens is 1. The molecular weight excluding hydrogens is 369 g/mol. The summed E-state index contributed by atoms with van der Waals surface area (Å²) in [5.41, 5.74) is 4.57. The predicted molar refractivity (Wildman–Crippen MR) is 105 cm³/mol. The summed E-state index contributed by atoms with van der Waals surface area (Å²) < 4.78 is 11.7. The van der Waals surface area contributed by atoms with Crippen molar-refractivity contribution >= 4 is 45.3 Å². The molecule has 0 aliphatic rings. The van der Waals surface area contributed by atoms with Crippen molar-refractivity contribution in [2.45, 2.75) is 0 Å². The van der Waals surface area contributed by atoms with Gasteiger partial charge in [-0.05, 0) is 48.0 Å². The molecule has 0 bridgehead atoms. The minimum atomic E-state index is 0.320. The maximum atomic E-state index is 6.40. The largest absolute Gasteiger partial charge is 0.454 e. The van der Waals surface area contributed by atoms with Gasteiger partial charge in [0.05, 0.1) is 11.3 Å². The van der Waals surface area contributed by atoms with E-state index in [1.54, 1.807) is 6.07 Å². The van der Waals surface area contributed by atoms with Crippen LogP contribution in [0, 0.1) is 0 Å². The molecule has 3 nitrogen and oxygen atoms in total. The van der Waals surface area contributed by atoms with Gasteiger partial charge in [0, 0.05) is 16.0 Å². The summed E-state index contributed by atoms with van der Waals surface area (Å²) in [6.07, 6.45) is 0. The second-order valence-electron chi connectivity index (χ2n) is 5.91. The van der Waals surface area contributed by atoms with E-state index in [1.807, 2.05) is 60.7 Å². The molecule has 0 aliphatic heterocycles. The Morgan fingerprint density at radius 1 is 0.769 bits per heavy atom. The zero-order valence-corrected chi connectivity index (χ0v) is 14.9. The molecule has 0 N–H and O–H groups in total. The molecule has 0 radical (unpaired) electrons. The Bertz CT molecular complexity index is 1270. The first-order valence-electron chi connectivity index (χ1n) is 8.03. The summed E-state index contributed by atoms with van der Waals surface area (Å²) in [5.74, 6) is 0.620. The number of para-hydroxylation sites is 1. The average Bonchev–Trinajstić information content (AvgIpc) is 3.25. The number of fused-ring (bicyclic) bond motifs is 3. The van der Waals surface area contributed by atoms with Crippen LogP contribution in [-0.4, -0.2) is 4.98 Å². The number of halogens is 2. The van der Waals surface area contributed by atoms with E-state index in [9.17, 15) is 0 Å². The lowest BCUT2D eigenvalue weighted by Crippen LogP contribution is -1.88. The maximum Gasteiger partial charge on any atom is 0.193 e. The molecule has 26 heavy (non-hydrogen) atoms. The molecule has 0 saturated carbocycles. The highest BCUT2D eigenvalue weighted by atomic mass is 35.5. The number of rotatable bonds is 2. The Morgan fingerprint density at radius 2 is 1.58 bits per heavy atom. The lowest BCUT2D eigenvalue weighted by molar-refractivity contribution is 0.582. The highest BCUT2D eigenvalue weighted by molar-refractivity contribution is 6.33. The second-order valence-corrected chi connectivity index (χ2v) is 6.69. The Hall–Kier alpha value is -2.75. The molecule has 0 atom stereocenters. The van der Waals surface area contributed by atoms with Crippen molar-refractivity contribution in [2.24, 2.45) is 0 Å². The van der Waals surface area contributed by atoms with E-state index in [4.69, 9.17) is 37.0 Å². The van der Waals surface area contributed by atoms with Gasteiger partial charge in [0.2, 0.25) is 0 Å². The molecule has 2 aromatic carbocycles. The summed E-state index contributed by atoms with van der Waals surface area (Å²) in [7, 11) is 0. The van der Waals surface area contributed by atoms with Crippen molar-refractivity contribution in [3.63, 3.8) is 0 Å². The third kappa shape index (κ3) is 2.40. The van der Waals surface area contributed by atoms with Crippen molar-refractivity contribution in [3.05, 3.63) is 77.0 Å². The zero-order chi connectivity index (χ0) is 17.7. The Kier molecular flexibility index (Phi) is 3.52. The van der Waals surface area contributed by atoms with Crippen LogP contribution in [0.5, 0.6) is 0 Å². The third-order valence-electron chi connectivity index (χ3n) is 4.32. The summed E-state index contributed by atoms with van der Waals surface area (Å²) in [6, 6.07) is 20.9. The fraction of sp³-hybridized carbons (Fsp3) is 0. The predicted octanol–water partition coefficient (Wildman–Crippen LogP) is 7.21. The zero-order valence-electron chi connectivity index (χ0n) is 13.4. The van der Waals surface area contributed by atoms with Gasteiger partial charge in [0.15, 0.2) is 10.8 Å². The molecule has 0 aliphatic carbocycles. The molecule has 5 aromatic rings. The summed E-state index contributed by atoms with van der Waals surface area (Å²) >= 11 is 12.4. The third-order valence-corrected chi connectivity index (χ3v) is 4.85. The van der Waals surface area contributed by atoms with Crippen molar-refractivity contribution in [1.82, 2.24) is 4.98 Å². The lowest BCUT2D eigenvalue weighted by atomic mass is 10.1. The second kappa shape index (κ2) is 5.90. The van der Waals surface area contributed by atoms with Crippen LogP contribution in [0.2, 0.25) is 10.2 Å². The van der Waals surface area contributed by atoms with Crippen LogP contribution in [0.4, 0.5) is 0 Å². The highest BCUT2D eigenvalue weighted by Gasteiger charge is 2.19. The first-order valence-corrected chi connectivity index (χ1v) is 8.79. The SMILES string of the molecule is Clc1ccc(-c2cc(-c3ccccc3Cl)nc3c2oc2ccccc23)o1. The Morgan fingerprint density at radius 3 is 2.38 bits per heavy atom. The van der Waals surface area contributed by atoms with E-state index in [0.717, 1.165) is 33.3 Å². The molecular formula is C21H11Cl2NO2. The van der Waals surface area contributed by atoms with Gasteiger partial charge in [-0.3, -0.25) is 0 Å². The van der Waals surface area contributed by atoms with E-state index in [0.29, 0.717) is 21.6 Å². The van der Waals surface area contributed by atoms with Crippen molar-refractivity contribution in [3.8, 4) is 22.6 Å². The Balaban J connectivity index is 1.90. The van der Waals surface area contributed by atoms with Gasteiger partial charge in [-0.25, -0.2) is 4.98 Å². The van der Waals surface area contributed by atoms with Crippen molar-refractivity contribution in [1.29, 1.82) is 0 Å². The average molecular weight is 380 g/mol. The first-order chi connectivity index (χ1) is 12.7. The van der Waals surface area contributed by atoms with E-state index >= 15 is 0 Å². The van der Waals surface area contributed by atoms with E-state index in [-0.39, 0.29) is 0 Å². The monoisotopic (exact) mass is 379 g/mol. The lowest BCUT2D eigenvalue weighted by Gasteiger charge is -2.06.